The van der Waals surface area contributed by atoms with Crippen molar-refractivity contribution in [1.82, 2.24) is 20.1 Å². The van der Waals surface area contributed by atoms with E-state index in [1.807, 2.05) is 13.8 Å². The van der Waals surface area contributed by atoms with E-state index in [0.717, 1.165) is 18.9 Å². The van der Waals surface area contributed by atoms with Gasteiger partial charge in [0.15, 0.2) is 0 Å². The number of fused-ring (bicyclic) bond motifs is 1. The van der Waals surface area contributed by atoms with Gasteiger partial charge in [-0.1, -0.05) is 13.8 Å². The normalized spacial score (nSPS) is 14.5. The Labute approximate surface area is 70.8 Å². The molecule has 0 unspecified atom stereocenters. The number of H-pyrrole nitrogens is 1. The Morgan fingerprint density at radius 1 is 1.50 bits per heavy atom. The second kappa shape index (κ2) is 4.06. The van der Waals surface area contributed by atoms with E-state index in [9.17, 15) is 4.79 Å². The summed E-state index contributed by atoms with van der Waals surface area (Å²) in [6.07, 6.45) is 0. The van der Waals surface area contributed by atoms with Crippen LogP contribution >= 0.6 is 0 Å². The molecule has 0 bridgehead atoms. The van der Waals surface area contributed by atoms with Crippen molar-refractivity contribution in [2.45, 2.75) is 26.9 Å². The summed E-state index contributed by atoms with van der Waals surface area (Å²) in [5.74, 6) is 0.802. The first-order valence-electron chi connectivity index (χ1n) is 4.23. The first-order chi connectivity index (χ1) is 5.88. The summed E-state index contributed by atoms with van der Waals surface area (Å²) in [6, 6.07) is 0. The largest absolute Gasteiger partial charge is 0.343 e. The maximum Gasteiger partial charge on any atom is 0.343 e. The number of rotatable bonds is 0. The van der Waals surface area contributed by atoms with Crippen LogP contribution in [0.4, 0.5) is 0 Å². The third kappa shape index (κ3) is 1.55. The predicted octanol–water partition coefficient (Wildman–Crippen LogP) is -0.299. The van der Waals surface area contributed by atoms with Crippen LogP contribution in [-0.2, 0) is 13.1 Å². The van der Waals surface area contributed by atoms with E-state index >= 15 is 0 Å². The van der Waals surface area contributed by atoms with Gasteiger partial charge in [0, 0.05) is 13.1 Å². The van der Waals surface area contributed by atoms with Gasteiger partial charge in [0.1, 0.15) is 5.82 Å². The Morgan fingerprint density at radius 3 is 2.92 bits per heavy atom. The van der Waals surface area contributed by atoms with Gasteiger partial charge in [-0.3, -0.25) is 4.57 Å². The number of aromatic amines is 1. The lowest BCUT2D eigenvalue weighted by molar-refractivity contribution is 0.497. The van der Waals surface area contributed by atoms with Gasteiger partial charge in [-0.05, 0) is 0 Å². The molecule has 0 amide bonds. The van der Waals surface area contributed by atoms with E-state index in [1.54, 1.807) is 4.57 Å². The summed E-state index contributed by atoms with van der Waals surface area (Å²) >= 11 is 0. The number of hydrogen-bond acceptors (Lipinski definition) is 3. The monoisotopic (exact) mass is 170 g/mol. The molecular weight excluding hydrogens is 156 g/mol. The average Bonchev–Trinajstić information content (AvgIpc) is 2.53. The zero-order valence-electron chi connectivity index (χ0n) is 7.42. The Kier molecular flexibility index (Phi) is 3.04. The maximum atomic E-state index is 10.9. The minimum Gasteiger partial charge on any atom is -0.308 e. The van der Waals surface area contributed by atoms with Gasteiger partial charge in [0.25, 0.3) is 0 Å². The molecule has 2 N–H and O–H groups in total. The lowest BCUT2D eigenvalue weighted by atomic mass is 10.4. The molecule has 2 heterocycles. The number of aromatic nitrogens is 3. The van der Waals surface area contributed by atoms with Crippen molar-refractivity contribution >= 4 is 0 Å². The first-order valence-corrected chi connectivity index (χ1v) is 4.23. The Morgan fingerprint density at radius 2 is 2.25 bits per heavy atom. The summed E-state index contributed by atoms with van der Waals surface area (Å²) in [7, 11) is 0. The summed E-state index contributed by atoms with van der Waals surface area (Å²) in [6.45, 7) is 6.27. The maximum absolute atomic E-state index is 10.9. The molecule has 1 aliphatic rings. The Hall–Kier alpha value is -1.10. The fraction of sp³-hybridized carbons (Fsp3) is 0.714. The van der Waals surface area contributed by atoms with Gasteiger partial charge in [0.05, 0.1) is 6.54 Å². The molecule has 12 heavy (non-hydrogen) atoms. The van der Waals surface area contributed by atoms with E-state index in [4.69, 9.17) is 0 Å². The van der Waals surface area contributed by atoms with Crippen molar-refractivity contribution in [3.63, 3.8) is 0 Å². The predicted molar refractivity (Wildman–Crippen MR) is 45.9 cm³/mol. The first kappa shape index (κ1) is 8.99. The molecule has 1 aliphatic heterocycles. The van der Waals surface area contributed by atoms with Gasteiger partial charge >= 0.3 is 5.69 Å². The van der Waals surface area contributed by atoms with E-state index in [-0.39, 0.29) is 5.69 Å². The van der Waals surface area contributed by atoms with Crippen LogP contribution in [0.5, 0.6) is 0 Å². The zero-order valence-corrected chi connectivity index (χ0v) is 7.42. The standard InChI is InChI=1S/C5H8N4O.C2H6/c10-5-8-7-4-3-6-1-2-9(4)5;1-2/h6H,1-3H2,(H,8,10);1-2H3. The highest BCUT2D eigenvalue weighted by Crippen LogP contribution is 1.93. The van der Waals surface area contributed by atoms with E-state index < -0.39 is 0 Å². The van der Waals surface area contributed by atoms with Gasteiger partial charge in [-0.25, -0.2) is 9.89 Å². The Balaban J connectivity index is 0.000000336. The van der Waals surface area contributed by atoms with Crippen LogP contribution in [0.25, 0.3) is 0 Å². The van der Waals surface area contributed by atoms with Crippen molar-refractivity contribution < 1.29 is 0 Å². The second-order valence-corrected chi connectivity index (χ2v) is 2.27. The summed E-state index contributed by atoms with van der Waals surface area (Å²) in [4.78, 5) is 10.9. The molecule has 0 fully saturated rings. The number of nitrogens with zero attached hydrogens (tertiary/aromatic N) is 2. The van der Waals surface area contributed by atoms with Crippen LogP contribution < -0.4 is 11.0 Å². The molecule has 0 saturated heterocycles. The average molecular weight is 170 g/mol. The Bertz CT molecular complexity index is 288. The third-order valence-electron chi connectivity index (χ3n) is 1.63. The van der Waals surface area contributed by atoms with Crippen molar-refractivity contribution in [1.29, 1.82) is 0 Å². The van der Waals surface area contributed by atoms with E-state index in [1.165, 1.54) is 0 Å². The molecule has 5 heteroatoms. The molecule has 0 atom stereocenters. The lowest BCUT2D eigenvalue weighted by Gasteiger charge is -2.11. The molecule has 0 aromatic carbocycles. The SMILES string of the molecule is CC.O=c1[nH]nc2n1CCNC2. The highest BCUT2D eigenvalue weighted by Gasteiger charge is 2.10. The van der Waals surface area contributed by atoms with Gasteiger partial charge in [-0.2, -0.15) is 5.10 Å². The highest BCUT2D eigenvalue weighted by molar-refractivity contribution is 4.88. The van der Waals surface area contributed by atoms with Crippen molar-refractivity contribution in [3.8, 4) is 0 Å². The second-order valence-electron chi connectivity index (χ2n) is 2.27. The minimum absolute atomic E-state index is 0.100. The van der Waals surface area contributed by atoms with Gasteiger partial charge in [-0.15, -0.1) is 0 Å². The molecule has 0 saturated carbocycles. The van der Waals surface area contributed by atoms with E-state index in [0.29, 0.717) is 6.54 Å². The van der Waals surface area contributed by atoms with Crippen LogP contribution in [0.15, 0.2) is 4.79 Å². The quantitative estimate of drug-likeness (QED) is 0.562. The lowest BCUT2D eigenvalue weighted by Crippen LogP contribution is -2.32. The molecule has 0 radical (unpaired) electrons. The van der Waals surface area contributed by atoms with Crippen LogP contribution in [0.3, 0.4) is 0 Å². The number of hydrogen-bond donors (Lipinski definition) is 2. The minimum atomic E-state index is -0.100. The van der Waals surface area contributed by atoms with E-state index in [2.05, 4.69) is 15.5 Å². The fourth-order valence-electron chi connectivity index (χ4n) is 1.11. The zero-order chi connectivity index (χ0) is 8.97. The topological polar surface area (TPSA) is 62.7 Å². The van der Waals surface area contributed by atoms with Crippen molar-refractivity contribution in [2.24, 2.45) is 0 Å². The molecule has 2 rings (SSSR count). The third-order valence-corrected chi connectivity index (χ3v) is 1.63. The molecule has 0 spiro atoms. The van der Waals surface area contributed by atoms with Crippen LogP contribution in [0, 0.1) is 0 Å². The summed E-state index contributed by atoms with van der Waals surface area (Å²) in [5.41, 5.74) is -0.100. The molecule has 1 aromatic heterocycles. The summed E-state index contributed by atoms with van der Waals surface area (Å²) < 4.78 is 1.65. The molecule has 0 aliphatic carbocycles. The molecule has 68 valence electrons. The van der Waals surface area contributed by atoms with Crippen molar-refractivity contribution in [2.75, 3.05) is 6.54 Å². The number of nitrogens with one attached hydrogen (secondary N) is 2. The summed E-state index contributed by atoms with van der Waals surface area (Å²) in [5, 5.41) is 9.33. The molecular formula is C7H14N4O. The van der Waals surface area contributed by atoms with Crippen LogP contribution in [0.1, 0.15) is 19.7 Å². The molecule has 1 aromatic rings. The van der Waals surface area contributed by atoms with Gasteiger partial charge < -0.3 is 5.32 Å². The van der Waals surface area contributed by atoms with Gasteiger partial charge in [0.2, 0.25) is 0 Å². The van der Waals surface area contributed by atoms with Crippen molar-refractivity contribution in [3.05, 3.63) is 16.3 Å². The molecule has 5 nitrogen and oxygen atoms in total. The van der Waals surface area contributed by atoms with Crippen LogP contribution in [0.2, 0.25) is 0 Å². The fourth-order valence-corrected chi connectivity index (χ4v) is 1.11. The smallest absolute Gasteiger partial charge is 0.308 e. The highest BCUT2D eigenvalue weighted by atomic mass is 16.1. The van der Waals surface area contributed by atoms with Crippen LogP contribution in [-0.4, -0.2) is 21.3 Å².